The van der Waals surface area contributed by atoms with Crippen LogP contribution in [-0.4, -0.2) is 114 Å². The second-order valence-electron chi connectivity index (χ2n) is 17.2. The number of rotatable bonds is 44. The van der Waals surface area contributed by atoms with Crippen LogP contribution in [0.2, 0.25) is 0 Å². The van der Waals surface area contributed by atoms with Gasteiger partial charge in [0.1, 0.15) is 31.8 Å². The number of hydrogen-bond acceptors (Lipinski definition) is 15. The molecular weight excluding hydrogens is 827 g/mol. The lowest BCUT2D eigenvalue weighted by Crippen LogP contribution is -2.44. The molecule has 0 amide bonds. The number of unbranched alkanes of at least 4 members (excludes halogenated alkanes) is 15. The first kappa shape index (κ1) is 60.2. The summed E-state index contributed by atoms with van der Waals surface area (Å²) in [6, 6.07) is 0. The largest absolute Gasteiger partial charge is 0.466 e. The molecule has 15 nitrogen and oxygen atoms in total. The van der Waals surface area contributed by atoms with E-state index >= 15 is 0 Å². The Morgan fingerprint density at radius 2 is 0.547 bits per heavy atom. The van der Waals surface area contributed by atoms with Gasteiger partial charge in [-0.05, 0) is 71.9 Å². The molecule has 0 saturated heterocycles. The fraction of sp³-hybridized carbons (Fsp3) is 0.857. The molecule has 0 unspecified atom stereocenters. The smallest absolute Gasteiger partial charge is 0.307 e. The van der Waals surface area contributed by atoms with E-state index in [2.05, 4.69) is 20.8 Å². The maximum Gasteiger partial charge on any atom is 0.307 e. The van der Waals surface area contributed by atoms with E-state index in [0.717, 1.165) is 96.3 Å². The normalized spacial score (nSPS) is 11.2. The fourth-order valence-corrected chi connectivity index (χ4v) is 6.30. The lowest BCUT2D eigenvalue weighted by molar-refractivity contribution is -0.171. The van der Waals surface area contributed by atoms with Crippen molar-refractivity contribution in [1.29, 1.82) is 0 Å². The number of ether oxygens (including phenoxy) is 7. The number of hydrogen-bond donors (Lipinski definition) is 0. The molecule has 0 atom stereocenters. The molecule has 0 aromatic heterocycles. The number of esters is 7. The van der Waals surface area contributed by atoms with E-state index in [-0.39, 0.29) is 69.5 Å². The van der Waals surface area contributed by atoms with Gasteiger partial charge >= 0.3 is 41.8 Å². The van der Waals surface area contributed by atoms with E-state index in [4.69, 9.17) is 33.2 Å². The zero-order chi connectivity index (χ0) is 47.5. The van der Waals surface area contributed by atoms with Crippen LogP contribution in [-0.2, 0) is 66.7 Å². The highest BCUT2D eigenvalue weighted by Gasteiger charge is 2.38. The zero-order valence-electron chi connectivity index (χ0n) is 40.6. The molecule has 15 heteroatoms. The predicted molar refractivity (Wildman–Crippen MR) is 244 cm³/mol. The SMILES string of the molecule is CCCCCCCOC(=O)CCCCC(=O)OCC(COC(=O)CCCCC(=O)OCCCCCCC)(COC(=O)CCCCC(=O)OCCCCCCC)COC(=O)CCN(C)C. The van der Waals surface area contributed by atoms with Crippen molar-refractivity contribution in [3.05, 3.63) is 0 Å². The molecule has 0 bridgehead atoms. The lowest BCUT2D eigenvalue weighted by atomic mass is 9.92. The summed E-state index contributed by atoms with van der Waals surface area (Å²) < 4.78 is 38.5. The average molecular weight is 914 g/mol. The maximum atomic E-state index is 13.0. The molecule has 0 spiro atoms. The summed E-state index contributed by atoms with van der Waals surface area (Å²) >= 11 is 0. The molecule has 0 aromatic carbocycles. The van der Waals surface area contributed by atoms with E-state index in [9.17, 15) is 33.6 Å². The minimum Gasteiger partial charge on any atom is -0.466 e. The molecule has 0 saturated carbocycles. The summed E-state index contributed by atoms with van der Waals surface area (Å²) in [5.41, 5.74) is -1.45. The van der Waals surface area contributed by atoms with Crippen molar-refractivity contribution in [2.45, 2.75) is 201 Å². The Labute approximate surface area is 385 Å². The van der Waals surface area contributed by atoms with Gasteiger partial charge in [0.15, 0.2) is 0 Å². The van der Waals surface area contributed by atoms with E-state index < -0.39 is 49.1 Å². The second-order valence-corrected chi connectivity index (χ2v) is 17.2. The summed E-state index contributed by atoms with van der Waals surface area (Å²) in [6.07, 6.45) is 18.6. The van der Waals surface area contributed by atoms with Crippen LogP contribution in [0.15, 0.2) is 0 Å². The quantitative estimate of drug-likeness (QED) is 0.0319. The Morgan fingerprint density at radius 3 is 0.797 bits per heavy atom. The summed E-state index contributed by atoms with van der Waals surface area (Å²) in [7, 11) is 3.62. The van der Waals surface area contributed by atoms with Gasteiger partial charge in [0, 0.05) is 45.1 Å². The Bertz CT molecular complexity index is 1130. The molecule has 0 N–H and O–H groups in total. The third-order valence-corrected chi connectivity index (χ3v) is 10.5. The molecule has 0 radical (unpaired) electrons. The number of carbonyl (C=O) groups excluding carboxylic acids is 7. The average Bonchev–Trinajstić information content (AvgIpc) is 3.27. The van der Waals surface area contributed by atoms with Crippen LogP contribution in [0.25, 0.3) is 0 Å². The summed E-state index contributed by atoms with van der Waals surface area (Å²) in [4.78, 5) is 90.1. The number of nitrogens with zero attached hydrogens (tertiary/aromatic N) is 1. The van der Waals surface area contributed by atoms with Crippen molar-refractivity contribution in [1.82, 2.24) is 4.90 Å². The van der Waals surface area contributed by atoms with Gasteiger partial charge in [0.2, 0.25) is 0 Å². The number of carbonyl (C=O) groups is 7. The highest BCUT2D eigenvalue weighted by Crippen LogP contribution is 2.23. The minimum absolute atomic E-state index is 0.00877. The van der Waals surface area contributed by atoms with Crippen LogP contribution in [0.5, 0.6) is 0 Å². The van der Waals surface area contributed by atoms with E-state index in [1.54, 1.807) is 0 Å². The van der Waals surface area contributed by atoms with Gasteiger partial charge in [0.25, 0.3) is 0 Å². The lowest BCUT2D eigenvalue weighted by Gasteiger charge is -2.31. The Kier molecular flexibility index (Phi) is 39.5. The first-order valence-electron chi connectivity index (χ1n) is 24.6. The molecule has 0 rings (SSSR count). The van der Waals surface area contributed by atoms with Crippen molar-refractivity contribution in [2.75, 3.05) is 66.9 Å². The van der Waals surface area contributed by atoms with Crippen LogP contribution >= 0.6 is 0 Å². The third kappa shape index (κ3) is 38.7. The zero-order valence-corrected chi connectivity index (χ0v) is 40.6. The summed E-state index contributed by atoms with van der Waals surface area (Å²) in [6.45, 7) is 6.38. The maximum absolute atomic E-state index is 13.0. The molecule has 372 valence electrons. The Hall–Kier alpha value is -3.75. The second kappa shape index (κ2) is 41.9. The van der Waals surface area contributed by atoms with E-state index in [1.807, 2.05) is 19.0 Å². The van der Waals surface area contributed by atoms with Crippen molar-refractivity contribution in [3.63, 3.8) is 0 Å². The molecule has 0 aromatic rings. The first-order chi connectivity index (χ1) is 30.9. The topological polar surface area (TPSA) is 187 Å². The molecule has 0 heterocycles. The van der Waals surface area contributed by atoms with Gasteiger partial charge in [-0.15, -0.1) is 0 Å². The van der Waals surface area contributed by atoms with Crippen molar-refractivity contribution in [3.8, 4) is 0 Å². The minimum atomic E-state index is -1.45. The van der Waals surface area contributed by atoms with Gasteiger partial charge in [-0.2, -0.15) is 0 Å². The van der Waals surface area contributed by atoms with E-state index in [1.165, 1.54) is 0 Å². The van der Waals surface area contributed by atoms with Gasteiger partial charge in [0.05, 0.1) is 26.2 Å². The molecular formula is C49H87NO14. The van der Waals surface area contributed by atoms with Crippen LogP contribution in [0.3, 0.4) is 0 Å². The fourth-order valence-electron chi connectivity index (χ4n) is 6.30. The predicted octanol–water partition coefficient (Wildman–Crippen LogP) is 9.32. The molecule has 0 aliphatic rings. The van der Waals surface area contributed by atoms with Gasteiger partial charge in [-0.1, -0.05) is 97.8 Å². The van der Waals surface area contributed by atoms with Crippen LogP contribution in [0.4, 0.5) is 0 Å². The van der Waals surface area contributed by atoms with E-state index in [0.29, 0.717) is 64.9 Å². The Balaban J connectivity index is 5.49. The van der Waals surface area contributed by atoms with Crippen molar-refractivity contribution in [2.24, 2.45) is 5.41 Å². The highest BCUT2D eigenvalue weighted by molar-refractivity contribution is 5.72. The van der Waals surface area contributed by atoms with Crippen LogP contribution in [0.1, 0.15) is 201 Å². The highest BCUT2D eigenvalue weighted by atomic mass is 16.6. The van der Waals surface area contributed by atoms with Crippen molar-refractivity contribution < 1.29 is 66.7 Å². The van der Waals surface area contributed by atoms with Gasteiger partial charge in [-0.3, -0.25) is 33.6 Å². The molecule has 0 aliphatic heterocycles. The van der Waals surface area contributed by atoms with Gasteiger partial charge < -0.3 is 38.1 Å². The first-order valence-corrected chi connectivity index (χ1v) is 24.6. The summed E-state index contributed by atoms with van der Waals surface area (Å²) in [5.74, 6) is -3.27. The van der Waals surface area contributed by atoms with Crippen LogP contribution < -0.4 is 0 Å². The van der Waals surface area contributed by atoms with Crippen molar-refractivity contribution >= 4 is 41.8 Å². The Morgan fingerprint density at radius 1 is 0.312 bits per heavy atom. The standard InChI is InChI=1S/C49H87NO14/c1-6-9-12-15-24-35-58-42(51)27-18-21-30-45(54)61-38-49(41-64-48(57)33-34-50(4)5,39-62-46(55)31-22-19-28-43(52)59-36-25-16-13-10-7-2)40-63-47(56)32-23-20-29-44(53)60-37-26-17-14-11-8-3/h6-41H2,1-5H3. The molecule has 0 aliphatic carbocycles. The van der Waals surface area contributed by atoms with Gasteiger partial charge in [-0.25, -0.2) is 0 Å². The third-order valence-electron chi connectivity index (χ3n) is 10.5. The van der Waals surface area contributed by atoms with Crippen LogP contribution in [0, 0.1) is 5.41 Å². The summed E-state index contributed by atoms with van der Waals surface area (Å²) in [5, 5.41) is 0. The monoisotopic (exact) mass is 914 g/mol. The molecule has 0 fully saturated rings. The molecule has 64 heavy (non-hydrogen) atoms.